The summed E-state index contributed by atoms with van der Waals surface area (Å²) in [6.45, 7) is 4.64. The molecule has 0 spiro atoms. The van der Waals surface area contributed by atoms with Crippen molar-refractivity contribution < 1.29 is 9.18 Å². The molecule has 0 atom stereocenters. The fourth-order valence-corrected chi connectivity index (χ4v) is 3.79. The smallest absolute Gasteiger partial charge is 0.274 e. The zero-order chi connectivity index (χ0) is 19.6. The van der Waals surface area contributed by atoms with Crippen molar-refractivity contribution in [2.45, 2.75) is 26.8 Å². The Hall–Kier alpha value is -1.89. The molecular formula is C19H18Cl2FN3OS. The number of amides is 1. The lowest BCUT2D eigenvalue weighted by atomic mass is 10.1. The minimum atomic E-state index is -0.466. The number of benzene rings is 1. The summed E-state index contributed by atoms with van der Waals surface area (Å²) in [6.07, 6.45) is 4.28. The first kappa shape index (κ1) is 19.9. The lowest BCUT2D eigenvalue weighted by Crippen LogP contribution is -2.17. The summed E-state index contributed by atoms with van der Waals surface area (Å²) in [6, 6.07) is 6.43. The van der Waals surface area contributed by atoms with Crippen LogP contribution in [-0.2, 0) is 13.0 Å². The molecule has 0 saturated heterocycles. The molecular weight excluding hydrogens is 408 g/mol. The second-order valence-corrected chi connectivity index (χ2v) is 8.70. The van der Waals surface area contributed by atoms with E-state index in [0.29, 0.717) is 27.6 Å². The van der Waals surface area contributed by atoms with Gasteiger partial charge in [0.1, 0.15) is 15.8 Å². The molecule has 0 unspecified atom stereocenters. The fourth-order valence-electron chi connectivity index (χ4n) is 2.78. The monoisotopic (exact) mass is 425 g/mol. The molecule has 1 amide bonds. The van der Waals surface area contributed by atoms with Gasteiger partial charge in [-0.3, -0.25) is 10.1 Å². The van der Waals surface area contributed by atoms with Crippen LogP contribution in [0, 0.1) is 11.7 Å². The second kappa shape index (κ2) is 8.42. The van der Waals surface area contributed by atoms with E-state index >= 15 is 0 Å². The van der Waals surface area contributed by atoms with Crippen molar-refractivity contribution >= 4 is 45.6 Å². The van der Waals surface area contributed by atoms with Crippen molar-refractivity contribution in [3.63, 3.8) is 0 Å². The summed E-state index contributed by atoms with van der Waals surface area (Å²) in [4.78, 5) is 16.8. The molecule has 0 saturated carbocycles. The van der Waals surface area contributed by atoms with Crippen LogP contribution in [0.2, 0.25) is 9.36 Å². The van der Waals surface area contributed by atoms with Gasteiger partial charge in [-0.1, -0.05) is 54.5 Å². The molecule has 3 aromatic rings. The molecule has 1 N–H and O–H groups in total. The van der Waals surface area contributed by atoms with Gasteiger partial charge in [0.05, 0.1) is 11.2 Å². The maximum Gasteiger partial charge on any atom is 0.274 e. The number of carbonyl (C=O) groups excluding carboxylic acids is 1. The van der Waals surface area contributed by atoms with Crippen molar-refractivity contribution in [1.29, 1.82) is 0 Å². The van der Waals surface area contributed by atoms with E-state index in [1.165, 1.54) is 23.6 Å². The first-order valence-corrected chi connectivity index (χ1v) is 9.94. The Balaban J connectivity index is 1.89. The van der Waals surface area contributed by atoms with Crippen LogP contribution in [0.5, 0.6) is 0 Å². The van der Waals surface area contributed by atoms with E-state index in [1.807, 2.05) is 16.8 Å². The van der Waals surface area contributed by atoms with Crippen LogP contribution in [0.15, 0.2) is 36.7 Å². The van der Waals surface area contributed by atoms with Crippen LogP contribution in [-0.4, -0.2) is 15.5 Å². The summed E-state index contributed by atoms with van der Waals surface area (Å²) in [5, 5.41) is 3.27. The molecule has 2 heterocycles. The van der Waals surface area contributed by atoms with Crippen LogP contribution in [0.1, 0.15) is 35.5 Å². The quantitative estimate of drug-likeness (QED) is 0.534. The minimum Gasteiger partial charge on any atom is -0.339 e. The molecule has 0 fully saturated rings. The van der Waals surface area contributed by atoms with Crippen molar-refractivity contribution in [2.75, 3.05) is 5.32 Å². The number of thiazole rings is 1. The third-order valence-corrected chi connectivity index (χ3v) is 5.18. The molecule has 0 aliphatic carbocycles. The maximum absolute atomic E-state index is 13.4. The van der Waals surface area contributed by atoms with Gasteiger partial charge in [0, 0.05) is 12.7 Å². The molecule has 27 heavy (non-hydrogen) atoms. The maximum atomic E-state index is 13.4. The molecule has 0 radical (unpaired) electrons. The summed E-state index contributed by atoms with van der Waals surface area (Å²) < 4.78 is 15.8. The zero-order valence-corrected chi connectivity index (χ0v) is 17.1. The van der Waals surface area contributed by atoms with Crippen molar-refractivity contribution in [2.24, 2.45) is 5.92 Å². The molecule has 8 heteroatoms. The standard InChI is InChI=1S/C19H18Cl2FN3OS/c1-11(2)5-13-7-16(18(26)24-19-23-8-17(21)27-19)25(10-13)9-12-3-4-15(22)14(20)6-12/h3-4,6-8,10-11H,5,9H2,1-2H3,(H,23,24,26). The van der Waals surface area contributed by atoms with Gasteiger partial charge in [-0.05, 0) is 41.7 Å². The number of anilines is 1. The second-order valence-electron chi connectivity index (χ2n) is 6.63. The lowest BCUT2D eigenvalue weighted by molar-refractivity contribution is 0.101. The third kappa shape index (κ3) is 5.09. The van der Waals surface area contributed by atoms with E-state index < -0.39 is 5.82 Å². The third-order valence-electron chi connectivity index (χ3n) is 3.86. The molecule has 0 bridgehead atoms. The number of nitrogens with one attached hydrogen (secondary N) is 1. The van der Waals surface area contributed by atoms with E-state index in [1.54, 1.807) is 12.1 Å². The molecule has 142 valence electrons. The Labute approximate surface area is 170 Å². The highest BCUT2D eigenvalue weighted by Crippen LogP contribution is 2.24. The molecule has 3 rings (SSSR count). The molecule has 4 nitrogen and oxygen atoms in total. The first-order chi connectivity index (χ1) is 12.8. The molecule has 0 aliphatic rings. The Kier molecular flexibility index (Phi) is 6.19. The van der Waals surface area contributed by atoms with E-state index in [2.05, 4.69) is 24.1 Å². The van der Waals surface area contributed by atoms with E-state index in [4.69, 9.17) is 23.2 Å². The van der Waals surface area contributed by atoms with Crippen LogP contribution in [0.4, 0.5) is 9.52 Å². The van der Waals surface area contributed by atoms with E-state index in [0.717, 1.165) is 17.5 Å². The predicted molar refractivity (Wildman–Crippen MR) is 109 cm³/mol. The minimum absolute atomic E-state index is 0.0606. The first-order valence-electron chi connectivity index (χ1n) is 8.37. The predicted octanol–water partition coefficient (Wildman–Crippen LogP) is 5.89. The van der Waals surface area contributed by atoms with Crippen LogP contribution in [0.3, 0.4) is 0 Å². The highest BCUT2D eigenvalue weighted by molar-refractivity contribution is 7.19. The van der Waals surface area contributed by atoms with Crippen molar-refractivity contribution in [1.82, 2.24) is 9.55 Å². The summed E-state index contributed by atoms with van der Waals surface area (Å²) in [7, 11) is 0. The number of halogens is 3. The lowest BCUT2D eigenvalue weighted by Gasteiger charge is -2.09. The number of carbonyl (C=O) groups is 1. The Morgan fingerprint density at radius 2 is 2.07 bits per heavy atom. The van der Waals surface area contributed by atoms with Gasteiger partial charge in [0.25, 0.3) is 5.91 Å². The normalized spacial score (nSPS) is 11.2. The van der Waals surface area contributed by atoms with Gasteiger partial charge in [0.2, 0.25) is 0 Å². The average molecular weight is 426 g/mol. The molecule has 0 aliphatic heterocycles. The van der Waals surface area contributed by atoms with Crippen LogP contribution < -0.4 is 5.32 Å². The number of aromatic nitrogens is 2. The van der Waals surface area contributed by atoms with Crippen LogP contribution >= 0.6 is 34.5 Å². The van der Waals surface area contributed by atoms with Crippen molar-refractivity contribution in [3.05, 3.63) is 68.7 Å². The fraction of sp³-hybridized carbons (Fsp3) is 0.263. The number of rotatable bonds is 6. The largest absolute Gasteiger partial charge is 0.339 e. The highest BCUT2D eigenvalue weighted by atomic mass is 35.5. The Morgan fingerprint density at radius 1 is 1.30 bits per heavy atom. The van der Waals surface area contributed by atoms with Crippen LogP contribution in [0.25, 0.3) is 0 Å². The summed E-state index contributed by atoms with van der Waals surface area (Å²) in [5.41, 5.74) is 2.36. The number of hydrogen-bond acceptors (Lipinski definition) is 3. The van der Waals surface area contributed by atoms with Gasteiger partial charge in [0.15, 0.2) is 5.13 Å². The zero-order valence-electron chi connectivity index (χ0n) is 14.8. The average Bonchev–Trinajstić information content (AvgIpc) is 3.16. The van der Waals surface area contributed by atoms with Gasteiger partial charge in [-0.15, -0.1) is 0 Å². The Bertz CT molecular complexity index is 968. The highest BCUT2D eigenvalue weighted by Gasteiger charge is 2.17. The van der Waals surface area contributed by atoms with Gasteiger partial charge in [-0.2, -0.15) is 0 Å². The SMILES string of the molecule is CC(C)Cc1cc(C(=O)Nc2ncc(Cl)s2)n(Cc2ccc(F)c(Cl)c2)c1. The van der Waals surface area contributed by atoms with E-state index in [9.17, 15) is 9.18 Å². The van der Waals surface area contributed by atoms with Gasteiger partial charge in [-0.25, -0.2) is 9.37 Å². The molecule has 2 aromatic heterocycles. The van der Waals surface area contributed by atoms with Gasteiger partial charge < -0.3 is 4.57 Å². The molecule has 1 aromatic carbocycles. The topological polar surface area (TPSA) is 46.9 Å². The summed E-state index contributed by atoms with van der Waals surface area (Å²) >= 11 is 13.0. The Morgan fingerprint density at radius 3 is 2.70 bits per heavy atom. The number of nitrogens with zero attached hydrogens (tertiary/aromatic N) is 2. The van der Waals surface area contributed by atoms with Gasteiger partial charge >= 0.3 is 0 Å². The summed E-state index contributed by atoms with van der Waals surface area (Å²) in [5.74, 6) is -0.286. The van der Waals surface area contributed by atoms with E-state index in [-0.39, 0.29) is 10.9 Å². The number of hydrogen-bond donors (Lipinski definition) is 1. The van der Waals surface area contributed by atoms with Crippen molar-refractivity contribution in [3.8, 4) is 0 Å².